The van der Waals surface area contributed by atoms with Crippen LogP contribution in [0.25, 0.3) is 11.4 Å². The van der Waals surface area contributed by atoms with Gasteiger partial charge in [0.2, 0.25) is 0 Å². The monoisotopic (exact) mass is 441 g/mol. The van der Waals surface area contributed by atoms with Crippen LogP contribution < -0.4 is 0 Å². The fourth-order valence-electron chi connectivity index (χ4n) is 3.90. The number of likely N-dealkylation sites (tertiary alicyclic amines) is 1. The molecule has 0 aromatic carbocycles. The van der Waals surface area contributed by atoms with Crippen molar-refractivity contribution in [3.05, 3.63) is 53.4 Å². The molecule has 0 N–H and O–H groups in total. The number of nitrogens with zero attached hydrogens (tertiary/aromatic N) is 5. The summed E-state index contributed by atoms with van der Waals surface area (Å²) in [5.74, 6) is 0.722. The second-order valence-corrected chi connectivity index (χ2v) is 9.71. The highest BCUT2D eigenvalue weighted by atomic mass is 32.2. The third-order valence-electron chi connectivity index (χ3n) is 5.52. The molecule has 0 unspecified atom stereocenters. The van der Waals surface area contributed by atoms with Gasteiger partial charge in [-0.3, -0.25) is 9.78 Å². The summed E-state index contributed by atoms with van der Waals surface area (Å²) in [4.78, 5) is 27.8. The molecule has 0 bridgehead atoms. The molecule has 0 atom stereocenters. The second kappa shape index (κ2) is 8.18. The van der Waals surface area contributed by atoms with Crippen LogP contribution in [0.2, 0.25) is 0 Å². The number of hydrogen-bond donors (Lipinski definition) is 0. The SMILES string of the molecule is Cc1noc(C)c1C(=O)N1CCC(c2nc(-c3cccnc3)ncc2S(C)(=O)=O)CC1. The van der Waals surface area contributed by atoms with Gasteiger partial charge in [0.05, 0.1) is 11.4 Å². The van der Waals surface area contributed by atoms with Crippen molar-refractivity contribution in [1.29, 1.82) is 0 Å². The number of amides is 1. The molecule has 1 aliphatic heterocycles. The van der Waals surface area contributed by atoms with Gasteiger partial charge in [0.1, 0.15) is 16.2 Å². The summed E-state index contributed by atoms with van der Waals surface area (Å²) in [5, 5.41) is 3.86. The molecule has 1 aliphatic rings. The van der Waals surface area contributed by atoms with Crippen LogP contribution in [-0.4, -0.2) is 58.7 Å². The Labute approximate surface area is 180 Å². The standard InChI is InChI=1S/C21H23N5O4S/c1-13-18(14(2)30-25-13)21(27)26-9-6-15(7-10-26)19-17(31(3,28)29)12-23-20(24-19)16-5-4-8-22-11-16/h4-5,8,11-12,15H,6-7,9-10H2,1-3H3. The van der Waals surface area contributed by atoms with Crippen LogP contribution in [0.1, 0.15) is 46.3 Å². The summed E-state index contributed by atoms with van der Waals surface area (Å²) in [6.07, 6.45) is 7.03. The van der Waals surface area contributed by atoms with Gasteiger partial charge in [-0.05, 0) is 38.8 Å². The van der Waals surface area contributed by atoms with Crippen molar-refractivity contribution in [2.75, 3.05) is 19.3 Å². The Kier molecular flexibility index (Phi) is 5.57. The molecular formula is C21H23N5O4S. The predicted octanol–water partition coefficient (Wildman–Crippen LogP) is 2.57. The van der Waals surface area contributed by atoms with Crippen molar-refractivity contribution in [3.8, 4) is 11.4 Å². The maximum Gasteiger partial charge on any atom is 0.259 e. The largest absolute Gasteiger partial charge is 0.361 e. The molecule has 4 rings (SSSR count). The first-order valence-electron chi connectivity index (χ1n) is 9.95. The van der Waals surface area contributed by atoms with E-state index < -0.39 is 9.84 Å². The highest BCUT2D eigenvalue weighted by Crippen LogP contribution is 2.33. The van der Waals surface area contributed by atoms with Crippen molar-refractivity contribution < 1.29 is 17.7 Å². The van der Waals surface area contributed by atoms with E-state index in [2.05, 4.69) is 20.1 Å². The number of piperidine rings is 1. The van der Waals surface area contributed by atoms with Gasteiger partial charge in [-0.15, -0.1) is 0 Å². The van der Waals surface area contributed by atoms with E-state index in [0.717, 1.165) is 11.8 Å². The normalized spacial score (nSPS) is 15.3. The first-order valence-corrected chi connectivity index (χ1v) is 11.8. The summed E-state index contributed by atoms with van der Waals surface area (Å²) in [7, 11) is -3.50. The van der Waals surface area contributed by atoms with E-state index >= 15 is 0 Å². The molecule has 9 nitrogen and oxygen atoms in total. The van der Waals surface area contributed by atoms with Crippen molar-refractivity contribution in [2.24, 2.45) is 0 Å². The minimum atomic E-state index is -3.50. The number of aryl methyl sites for hydroxylation is 2. The van der Waals surface area contributed by atoms with Gasteiger partial charge in [0.25, 0.3) is 5.91 Å². The second-order valence-electron chi connectivity index (χ2n) is 7.72. The molecular weight excluding hydrogens is 418 g/mol. The van der Waals surface area contributed by atoms with Gasteiger partial charge in [-0.2, -0.15) is 0 Å². The van der Waals surface area contributed by atoms with Gasteiger partial charge >= 0.3 is 0 Å². The summed E-state index contributed by atoms with van der Waals surface area (Å²) in [6.45, 7) is 4.45. The topological polar surface area (TPSA) is 119 Å². The number of sulfone groups is 1. The number of hydrogen-bond acceptors (Lipinski definition) is 8. The first-order chi connectivity index (χ1) is 14.8. The average Bonchev–Trinajstić information content (AvgIpc) is 3.11. The summed E-state index contributed by atoms with van der Waals surface area (Å²) in [5.41, 5.74) is 2.28. The van der Waals surface area contributed by atoms with Crippen LogP contribution in [0.4, 0.5) is 0 Å². The summed E-state index contributed by atoms with van der Waals surface area (Å²) < 4.78 is 29.9. The molecule has 0 aliphatic carbocycles. The number of pyridine rings is 1. The van der Waals surface area contributed by atoms with Crippen molar-refractivity contribution in [1.82, 2.24) is 25.0 Å². The van der Waals surface area contributed by atoms with Crippen LogP contribution in [0.5, 0.6) is 0 Å². The molecule has 3 aromatic heterocycles. The number of rotatable bonds is 4. The zero-order chi connectivity index (χ0) is 22.2. The maximum atomic E-state index is 12.9. The predicted molar refractivity (Wildman–Crippen MR) is 112 cm³/mol. The van der Waals surface area contributed by atoms with Crippen molar-refractivity contribution >= 4 is 15.7 Å². The zero-order valence-corrected chi connectivity index (χ0v) is 18.4. The highest BCUT2D eigenvalue weighted by Gasteiger charge is 2.31. The van der Waals surface area contributed by atoms with E-state index in [1.807, 2.05) is 6.07 Å². The third-order valence-corrected chi connectivity index (χ3v) is 6.63. The first kappa shape index (κ1) is 21.1. The minimum absolute atomic E-state index is 0.100. The Hall–Kier alpha value is -3.14. The Morgan fingerprint density at radius 2 is 1.94 bits per heavy atom. The van der Waals surface area contributed by atoms with Gasteiger partial charge in [0.15, 0.2) is 15.7 Å². The average molecular weight is 442 g/mol. The van der Waals surface area contributed by atoms with Gasteiger partial charge < -0.3 is 9.42 Å². The minimum Gasteiger partial charge on any atom is -0.361 e. The quantitative estimate of drug-likeness (QED) is 0.606. The smallest absolute Gasteiger partial charge is 0.259 e. The van der Waals surface area contributed by atoms with E-state index in [4.69, 9.17) is 4.52 Å². The van der Waals surface area contributed by atoms with Crippen LogP contribution >= 0.6 is 0 Å². The van der Waals surface area contributed by atoms with Gasteiger partial charge in [0, 0.05) is 49.4 Å². The van der Waals surface area contributed by atoms with Crippen LogP contribution in [0.3, 0.4) is 0 Å². The summed E-state index contributed by atoms with van der Waals surface area (Å²) in [6, 6.07) is 3.61. The van der Waals surface area contributed by atoms with E-state index in [1.165, 1.54) is 6.20 Å². The van der Waals surface area contributed by atoms with Crippen molar-refractivity contribution in [2.45, 2.75) is 37.5 Å². The fourth-order valence-corrected chi connectivity index (χ4v) is 4.74. The molecule has 10 heteroatoms. The Morgan fingerprint density at radius 3 is 2.52 bits per heavy atom. The highest BCUT2D eigenvalue weighted by molar-refractivity contribution is 7.90. The van der Waals surface area contributed by atoms with E-state index in [-0.39, 0.29) is 16.7 Å². The lowest BCUT2D eigenvalue weighted by Gasteiger charge is -2.32. The third kappa shape index (κ3) is 4.20. The molecule has 31 heavy (non-hydrogen) atoms. The molecule has 0 radical (unpaired) electrons. The van der Waals surface area contributed by atoms with E-state index in [9.17, 15) is 13.2 Å². The Morgan fingerprint density at radius 1 is 1.19 bits per heavy atom. The molecule has 1 amide bonds. The van der Waals surface area contributed by atoms with Crippen molar-refractivity contribution in [3.63, 3.8) is 0 Å². The lowest BCUT2D eigenvalue weighted by Crippen LogP contribution is -2.38. The maximum absolute atomic E-state index is 12.9. The molecule has 3 aromatic rings. The molecule has 162 valence electrons. The lowest BCUT2D eigenvalue weighted by molar-refractivity contribution is 0.0709. The van der Waals surface area contributed by atoms with Gasteiger partial charge in [-0.1, -0.05) is 5.16 Å². The van der Waals surface area contributed by atoms with Crippen LogP contribution in [0.15, 0.2) is 40.1 Å². The lowest BCUT2D eigenvalue weighted by atomic mass is 9.92. The Balaban J connectivity index is 1.60. The van der Waals surface area contributed by atoms with E-state index in [1.54, 1.807) is 37.2 Å². The number of aromatic nitrogens is 4. The van der Waals surface area contributed by atoms with Gasteiger partial charge in [-0.25, -0.2) is 18.4 Å². The zero-order valence-electron chi connectivity index (χ0n) is 17.6. The molecule has 1 fully saturated rings. The number of carbonyl (C=O) groups is 1. The number of carbonyl (C=O) groups excluding carboxylic acids is 1. The molecule has 1 saturated heterocycles. The Bertz CT molecular complexity index is 1200. The fraction of sp³-hybridized carbons (Fsp3) is 0.381. The molecule has 0 spiro atoms. The molecule has 4 heterocycles. The molecule has 0 saturated carbocycles. The van der Waals surface area contributed by atoms with Crippen LogP contribution in [0, 0.1) is 13.8 Å². The van der Waals surface area contributed by atoms with Crippen LogP contribution in [-0.2, 0) is 9.84 Å². The van der Waals surface area contributed by atoms with E-state index in [0.29, 0.717) is 54.5 Å². The summed E-state index contributed by atoms with van der Waals surface area (Å²) >= 11 is 0.